The standard InChI is InChI=1S/C11H17N3OS/c1-11(2,7-15)14(3)9-6-13-5-4-8(9)10(12)16/h4-6,15H,7H2,1-3H3,(H2,12,16). The lowest BCUT2D eigenvalue weighted by Crippen LogP contribution is -2.45. The van der Waals surface area contributed by atoms with Crippen molar-refractivity contribution in [1.29, 1.82) is 0 Å². The molecule has 0 saturated heterocycles. The fraction of sp³-hybridized carbons (Fsp3) is 0.455. The van der Waals surface area contributed by atoms with Crippen molar-refractivity contribution in [3.05, 3.63) is 24.0 Å². The van der Waals surface area contributed by atoms with Crippen LogP contribution in [-0.2, 0) is 0 Å². The summed E-state index contributed by atoms with van der Waals surface area (Å²) in [4.78, 5) is 6.31. The van der Waals surface area contributed by atoms with Gasteiger partial charge in [0.2, 0.25) is 0 Å². The summed E-state index contributed by atoms with van der Waals surface area (Å²) in [7, 11) is 1.88. The quantitative estimate of drug-likeness (QED) is 0.765. The van der Waals surface area contributed by atoms with Crippen LogP contribution in [0.2, 0.25) is 0 Å². The molecule has 0 fully saturated rings. The van der Waals surface area contributed by atoms with Crippen LogP contribution < -0.4 is 10.6 Å². The van der Waals surface area contributed by atoms with E-state index in [0.29, 0.717) is 4.99 Å². The van der Waals surface area contributed by atoms with Crippen LogP contribution in [0.15, 0.2) is 18.5 Å². The zero-order valence-corrected chi connectivity index (χ0v) is 10.6. The van der Waals surface area contributed by atoms with Crippen molar-refractivity contribution >= 4 is 22.9 Å². The number of likely N-dealkylation sites (N-methyl/N-ethyl adjacent to an activating group) is 1. The van der Waals surface area contributed by atoms with Gasteiger partial charge in [-0.05, 0) is 19.9 Å². The molecule has 4 nitrogen and oxygen atoms in total. The van der Waals surface area contributed by atoms with E-state index in [0.717, 1.165) is 11.3 Å². The Morgan fingerprint density at radius 1 is 1.62 bits per heavy atom. The number of aliphatic hydroxyl groups excluding tert-OH is 1. The van der Waals surface area contributed by atoms with Crippen LogP contribution in [-0.4, -0.2) is 34.3 Å². The molecular weight excluding hydrogens is 222 g/mol. The first-order chi connectivity index (χ1) is 7.40. The van der Waals surface area contributed by atoms with Gasteiger partial charge in [0, 0.05) is 18.8 Å². The van der Waals surface area contributed by atoms with E-state index in [1.807, 2.05) is 25.8 Å². The van der Waals surface area contributed by atoms with Gasteiger partial charge < -0.3 is 15.7 Å². The van der Waals surface area contributed by atoms with Gasteiger partial charge in [0.25, 0.3) is 0 Å². The number of nitrogens with two attached hydrogens (primary N) is 1. The van der Waals surface area contributed by atoms with Crippen LogP contribution in [0.25, 0.3) is 0 Å². The SMILES string of the molecule is CN(c1cnccc1C(N)=S)C(C)(C)CO. The van der Waals surface area contributed by atoms with E-state index >= 15 is 0 Å². The number of anilines is 1. The summed E-state index contributed by atoms with van der Waals surface area (Å²) in [6.07, 6.45) is 3.35. The maximum absolute atomic E-state index is 9.33. The molecule has 0 spiro atoms. The molecular formula is C11H17N3OS. The van der Waals surface area contributed by atoms with Crippen LogP contribution in [0.1, 0.15) is 19.4 Å². The molecule has 16 heavy (non-hydrogen) atoms. The van der Waals surface area contributed by atoms with Crippen molar-refractivity contribution < 1.29 is 5.11 Å². The lowest BCUT2D eigenvalue weighted by atomic mass is 10.0. The Hall–Kier alpha value is -1.20. The highest BCUT2D eigenvalue weighted by Gasteiger charge is 2.25. The first-order valence-corrected chi connectivity index (χ1v) is 5.39. The molecule has 1 heterocycles. The molecule has 0 aromatic carbocycles. The monoisotopic (exact) mass is 239 g/mol. The number of pyridine rings is 1. The minimum atomic E-state index is -0.386. The third-order valence-corrected chi connectivity index (χ3v) is 2.94. The third kappa shape index (κ3) is 2.48. The molecule has 0 aliphatic rings. The first-order valence-electron chi connectivity index (χ1n) is 4.98. The minimum absolute atomic E-state index is 0.0369. The predicted octanol–water partition coefficient (Wildman–Crippen LogP) is 0.923. The molecule has 0 unspecified atom stereocenters. The van der Waals surface area contributed by atoms with Gasteiger partial charge in [-0.3, -0.25) is 4.98 Å². The van der Waals surface area contributed by atoms with Crippen LogP contribution >= 0.6 is 12.2 Å². The van der Waals surface area contributed by atoms with Crippen molar-refractivity contribution in [3.8, 4) is 0 Å². The summed E-state index contributed by atoms with van der Waals surface area (Å²) in [5.74, 6) is 0. The van der Waals surface area contributed by atoms with Gasteiger partial charge in [0.15, 0.2) is 0 Å². The summed E-state index contributed by atoms with van der Waals surface area (Å²) in [5.41, 5.74) is 6.87. The lowest BCUT2D eigenvalue weighted by molar-refractivity contribution is 0.216. The van der Waals surface area contributed by atoms with Crippen molar-refractivity contribution in [2.24, 2.45) is 5.73 Å². The normalized spacial score (nSPS) is 11.2. The second kappa shape index (κ2) is 4.76. The second-order valence-corrected chi connectivity index (χ2v) is 4.73. The molecule has 0 radical (unpaired) electrons. The fourth-order valence-corrected chi connectivity index (χ4v) is 1.47. The van der Waals surface area contributed by atoms with E-state index in [9.17, 15) is 5.11 Å². The van der Waals surface area contributed by atoms with Gasteiger partial charge >= 0.3 is 0 Å². The molecule has 0 atom stereocenters. The average Bonchev–Trinajstić information content (AvgIpc) is 2.28. The lowest BCUT2D eigenvalue weighted by Gasteiger charge is -2.36. The Morgan fingerprint density at radius 3 is 2.75 bits per heavy atom. The zero-order valence-electron chi connectivity index (χ0n) is 9.77. The summed E-state index contributed by atoms with van der Waals surface area (Å²) in [5, 5.41) is 9.33. The maximum Gasteiger partial charge on any atom is 0.106 e. The van der Waals surface area contributed by atoms with Gasteiger partial charge in [-0.25, -0.2) is 0 Å². The first kappa shape index (κ1) is 12.9. The van der Waals surface area contributed by atoms with Crippen LogP contribution in [0.4, 0.5) is 5.69 Å². The summed E-state index contributed by atoms with van der Waals surface area (Å²) < 4.78 is 0. The summed E-state index contributed by atoms with van der Waals surface area (Å²) >= 11 is 4.99. The number of aromatic nitrogens is 1. The van der Waals surface area contributed by atoms with Crippen LogP contribution in [0.3, 0.4) is 0 Å². The predicted molar refractivity (Wildman–Crippen MR) is 69.7 cm³/mol. The highest BCUT2D eigenvalue weighted by Crippen LogP contribution is 2.24. The van der Waals surface area contributed by atoms with Crippen LogP contribution in [0.5, 0.6) is 0 Å². The van der Waals surface area contributed by atoms with E-state index in [4.69, 9.17) is 18.0 Å². The van der Waals surface area contributed by atoms with Crippen molar-refractivity contribution in [1.82, 2.24) is 4.98 Å². The Bertz CT molecular complexity index is 393. The molecule has 88 valence electrons. The molecule has 5 heteroatoms. The number of thiocarbonyl (C=S) groups is 1. The highest BCUT2D eigenvalue weighted by atomic mass is 32.1. The smallest absolute Gasteiger partial charge is 0.106 e. The molecule has 0 aliphatic heterocycles. The van der Waals surface area contributed by atoms with E-state index in [-0.39, 0.29) is 12.1 Å². The van der Waals surface area contributed by atoms with Crippen molar-refractivity contribution in [3.63, 3.8) is 0 Å². The highest BCUT2D eigenvalue weighted by molar-refractivity contribution is 7.80. The molecule has 1 rings (SSSR count). The van der Waals surface area contributed by atoms with Crippen LogP contribution in [0, 0.1) is 0 Å². The maximum atomic E-state index is 9.33. The Kier molecular flexibility index (Phi) is 3.83. The number of hydrogen-bond donors (Lipinski definition) is 2. The van der Waals surface area contributed by atoms with Crippen molar-refractivity contribution in [2.75, 3.05) is 18.6 Å². The molecule has 1 aromatic heterocycles. The van der Waals surface area contributed by atoms with Crippen molar-refractivity contribution in [2.45, 2.75) is 19.4 Å². The Labute approximate surface area is 101 Å². The number of hydrogen-bond acceptors (Lipinski definition) is 4. The molecule has 3 N–H and O–H groups in total. The number of aliphatic hydroxyl groups is 1. The van der Waals surface area contributed by atoms with Gasteiger partial charge in [0.05, 0.1) is 24.0 Å². The van der Waals surface area contributed by atoms with Gasteiger partial charge in [-0.2, -0.15) is 0 Å². The summed E-state index contributed by atoms with van der Waals surface area (Å²) in [6, 6.07) is 1.78. The molecule has 0 saturated carbocycles. The largest absolute Gasteiger partial charge is 0.394 e. The molecule has 0 amide bonds. The minimum Gasteiger partial charge on any atom is -0.394 e. The summed E-state index contributed by atoms with van der Waals surface area (Å²) in [6.45, 7) is 3.90. The number of rotatable bonds is 4. The van der Waals surface area contributed by atoms with Gasteiger partial charge in [-0.1, -0.05) is 12.2 Å². The molecule has 0 bridgehead atoms. The third-order valence-electron chi connectivity index (χ3n) is 2.72. The molecule has 0 aliphatic carbocycles. The van der Waals surface area contributed by atoms with Gasteiger partial charge in [-0.15, -0.1) is 0 Å². The van der Waals surface area contributed by atoms with E-state index in [1.165, 1.54) is 0 Å². The topological polar surface area (TPSA) is 62.4 Å². The van der Waals surface area contributed by atoms with E-state index in [1.54, 1.807) is 18.5 Å². The fourth-order valence-electron chi connectivity index (χ4n) is 1.29. The zero-order chi connectivity index (χ0) is 12.3. The van der Waals surface area contributed by atoms with E-state index < -0.39 is 0 Å². The Morgan fingerprint density at radius 2 is 2.25 bits per heavy atom. The Balaban J connectivity index is 3.18. The van der Waals surface area contributed by atoms with Gasteiger partial charge in [0.1, 0.15) is 4.99 Å². The molecule has 1 aromatic rings. The average molecular weight is 239 g/mol. The second-order valence-electron chi connectivity index (χ2n) is 4.29. The van der Waals surface area contributed by atoms with E-state index in [2.05, 4.69) is 4.98 Å². The number of nitrogens with zero attached hydrogens (tertiary/aromatic N) is 2.